The molecule has 0 aliphatic carbocycles. The minimum atomic E-state index is 0.667. The maximum atomic E-state index is 5.61. The van der Waals surface area contributed by atoms with Crippen LogP contribution in [-0.4, -0.2) is 17.3 Å². The fourth-order valence-corrected chi connectivity index (χ4v) is 2.93. The van der Waals surface area contributed by atoms with Crippen molar-refractivity contribution in [2.24, 2.45) is 5.92 Å². The van der Waals surface area contributed by atoms with Crippen molar-refractivity contribution in [3.8, 4) is 0 Å². The Labute approximate surface area is 136 Å². The molecule has 1 nitrogen and oxygen atoms in total. The Bertz CT molecular complexity index is 248. The van der Waals surface area contributed by atoms with Gasteiger partial charge in [-0.3, -0.25) is 0 Å². The van der Waals surface area contributed by atoms with E-state index in [0.29, 0.717) is 5.92 Å². The van der Waals surface area contributed by atoms with Crippen LogP contribution in [0.15, 0.2) is 30.3 Å². The predicted molar refractivity (Wildman–Crippen MR) is 94.5 cm³/mol. The average molecular weight is 396 g/mol. The van der Waals surface area contributed by atoms with E-state index in [1.807, 2.05) is 45.9 Å². The summed E-state index contributed by atoms with van der Waals surface area (Å²) in [6.45, 7) is 9.55. The summed E-state index contributed by atoms with van der Waals surface area (Å²) < 4.78 is 5.61. The molecule has 1 aromatic carbocycles. The molecule has 3 heteroatoms. The molecule has 0 bridgehead atoms. The maximum absolute atomic E-state index is 5.61. The van der Waals surface area contributed by atoms with E-state index in [-0.39, 0.29) is 0 Å². The normalized spacial score (nSPS) is 9.21. The van der Waals surface area contributed by atoms with Crippen LogP contribution in [0.25, 0.3) is 0 Å². The van der Waals surface area contributed by atoms with Crippen molar-refractivity contribution >= 4 is 31.9 Å². The average Bonchev–Trinajstić information content (AvgIpc) is 2.52. The number of rotatable bonds is 7. The van der Waals surface area contributed by atoms with Gasteiger partial charge in [0, 0.05) is 17.3 Å². The van der Waals surface area contributed by atoms with Crippen LogP contribution in [0, 0.1) is 5.92 Å². The molecule has 0 spiro atoms. The summed E-state index contributed by atoms with van der Waals surface area (Å²) in [5.74, 6) is 0.667. The summed E-state index contributed by atoms with van der Waals surface area (Å²) >= 11 is 6.97. The minimum absolute atomic E-state index is 0.667. The van der Waals surface area contributed by atoms with E-state index in [9.17, 15) is 0 Å². The van der Waals surface area contributed by atoms with Crippen molar-refractivity contribution in [3.63, 3.8) is 0 Å². The van der Waals surface area contributed by atoms with Gasteiger partial charge in [0.25, 0.3) is 0 Å². The molecule has 0 unspecified atom stereocenters. The lowest BCUT2D eigenvalue weighted by atomic mass is 10.1. The Morgan fingerprint density at radius 2 is 1.47 bits per heavy atom. The maximum Gasteiger partial charge on any atom is 0.0716 e. The summed E-state index contributed by atoms with van der Waals surface area (Å²) in [5.41, 5.74) is 1.24. The second-order valence-electron chi connectivity index (χ2n) is 3.50. The highest BCUT2D eigenvalue weighted by Crippen LogP contribution is 2.11. The van der Waals surface area contributed by atoms with E-state index in [2.05, 4.69) is 44.0 Å². The molecule has 0 aliphatic rings. The summed E-state index contributed by atoms with van der Waals surface area (Å²) in [6.07, 6.45) is 1.10. The lowest BCUT2D eigenvalue weighted by Crippen LogP contribution is -2.08. The van der Waals surface area contributed by atoms with E-state index in [4.69, 9.17) is 4.74 Å². The molecule has 1 rings (SSSR count). The quantitative estimate of drug-likeness (QED) is 0.403. The van der Waals surface area contributed by atoms with Crippen LogP contribution in [0.1, 0.15) is 39.7 Å². The van der Waals surface area contributed by atoms with Crippen molar-refractivity contribution in [1.82, 2.24) is 0 Å². The number of benzene rings is 1. The van der Waals surface area contributed by atoms with Gasteiger partial charge in [0.2, 0.25) is 0 Å². The molecule has 0 amide bonds. The third-order valence-electron chi connectivity index (χ3n) is 2.22. The van der Waals surface area contributed by atoms with E-state index in [0.717, 1.165) is 30.3 Å². The molecule has 0 saturated carbocycles. The topological polar surface area (TPSA) is 9.23 Å². The standard InChI is InChI=1S/C12H16Br2O.2C2H6/c13-8-12(9-14)6-7-15-10-11-4-2-1-3-5-11;2*1-2/h1-5,12H,6-10H2;2*1-2H3. The SMILES string of the molecule is BrCC(CBr)CCOCc1ccccc1.CC.CC. The van der Waals surface area contributed by atoms with Crippen LogP contribution in [0.5, 0.6) is 0 Å². The molecule has 0 radical (unpaired) electrons. The van der Waals surface area contributed by atoms with Gasteiger partial charge in [-0.15, -0.1) is 0 Å². The Balaban J connectivity index is 0. The molecular formula is C16H28Br2O. The van der Waals surface area contributed by atoms with E-state index in [1.54, 1.807) is 0 Å². The predicted octanol–water partition coefficient (Wildman–Crippen LogP) is 6.05. The van der Waals surface area contributed by atoms with Gasteiger partial charge in [-0.25, -0.2) is 0 Å². The Hall–Kier alpha value is 0.140. The second kappa shape index (κ2) is 18.1. The second-order valence-corrected chi connectivity index (χ2v) is 4.80. The molecule has 112 valence electrons. The highest BCUT2D eigenvalue weighted by atomic mass is 79.9. The van der Waals surface area contributed by atoms with Crippen LogP contribution in [0.3, 0.4) is 0 Å². The van der Waals surface area contributed by atoms with Crippen molar-refractivity contribution in [2.75, 3.05) is 17.3 Å². The van der Waals surface area contributed by atoms with Crippen LogP contribution in [0.2, 0.25) is 0 Å². The van der Waals surface area contributed by atoms with Crippen molar-refractivity contribution in [2.45, 2.75) is 40.7 Å². The minimum Gasteiger partial charge on any atom is -0.377 e. The first-order chi connectivity index (χ1) is 9.36. The largest absolute Gasteiger partial charge is 0.377 e. The van der Waals surface area contributed by atoms with Gasteiger partial charge in [-0.2, -0.15) is 0 Å². The number of alkyl halides is 2. The summed E-state index contributed by atoms with van der Waals surface area (Å²) in [7, 11) is 0. The van der Waals surface area contributed by atoms with Gasteiger partial charge in [-0.1, -0.05) is 89.9 Å². The fourth-order valence-electron chi connectivity index (χ4n) is 1.21. The number of hydrogen-bond donors (Lipinski definition) is 0. The first-order valence-corrected chi connectivity index (χ1v) is 9.34. The Morgan fingerprint density at radius 1 is 0.947 bits per heavy atom. The fraction of sp³-hybridized carbons (Fsp3) is 0.625. The molecule has 0 saturated heterocycles. The summed E-state index contributed by atoms with van der Waals surface area (Å²) in [6, 6.07) is 10.3. The molecule has 19 heavy (non-hydrogen) atoms. The zero-order chi connectivity index (χ0) is 14.9. The molecule has 0 atom stereocenters. The third kappa shape index (κ3) is 12.9. The smallest absolute Gasteiger partial charge is 0.0716 e. The van der Waals surface area contributed by atoms with Gasteiger partial charge in [-0.05, 0) is 17.9 Å². The van der Waals surface area contributed by atoms with E-state index < -0.39 is 0 Å². The van der Waals surface area contributed by atoms with E-state index in [1.165, 1.54) is 5.56 Å². The van der Waals surface area contributed by atoms with Crippen LogP contribution in [-0.2, 0) is 11.3 Å². The Morgan fingerprint density at radius 3 is 1.95 bits per heavy atom. The number of hydrogen-bond acceptors (Lipinski definition) is 1. The highest BCUT2D eigenvalue weighted by Gasteiger charge is 2.04. The van der Waals surface area contributed by atoms with Gasteiger partial charge >= 0.3 is 0 Å². The van der Waals surface area contributed by atoms with Crippen LogP contribution in [0.4, 0.5) is 0 Å². The van der Waals surface area contributed by atoms with Crippen LogP contribution < -0.4 is 0 Å². The van der Waals surface area contributed by atoms with Crippen molar-refractivity contribution in [1.29, 1.82) is 0 Å². The van der Waals surface area contributed by atoms with Crippen molar-refractivity contribution < 1.29 is 4.74 Å². The summed E-state index contributed by atoms with van der Waals surface area (Å²) in [4.78, 5) is 0. The van der Waals surface area contributed by atoms with Crippen LogP contribution >= 0.6 is 31.9 Å². The summed E-state index contributed by atoms with van der Waals surface area (Å²) in [5, 5.41) is 2.07. The first kappa shape index (κ1) is 21.4. The van der Waals surface area contributed by atoms with Gasteiger partial charge in [0.1, 0.15) is 0 Å². The molecule has 0 aromatic heterocycles. The van der Waals surface area contributed by atoms with Gasteiger partial charge in [0.05, 0.1) is 6.61 Å². The lowest BCUT2D eigenvalue weighted by Gasteiger charge is -2.10. The highest BCUT2D eigenvalue weighted by molar-refractivity contribution is 9.09. The van der Waals surface area contributed by atoms with E-state index >= 15 is 0 Å². The zero-order valence-corrected chi connectivity index (χ0v) is 15.8. The number of halogens is 2. The molecule has 0 fully saturated rings. The van der Waals surface area contributed by atoms with Crippen molar-refractivity contribution in [3.05, 3.63) is 35.9 Å². The third-order valence-corrected chi connectivity index (χ3v) is 4.05. The first-order valence-electron chi connectivity index (χ1n) is 7.10. The monoisotopic (exact) mass is 394 g/mol. The number of ether oxygens (including phenoxy) is 1. The molecule has 1 aromatic rings. The molecular weight excluding hydrogens is 368 g/mol. The molecule has 0 aliphatic heterocycles. The molecule has 0 heterocycles. The Kier molecular flexibility index (Phi) is 20.5. The molecule has 0 N–H and O–H groups in total. The van der Waals surface area contributed by atoms with Gasteiger partial charge < -0.3 is 4.74 Å². The zero-order valence-electron chi connectivity index (χ0n) is 12.7. The van der Waals surface area contributed by atoms with Gasteiger partial charge in [0.15, 0.2) is 0 Å². The lowest BCUT2D eigenvalue weighted by molar-refractivity contribution is 0.111.